The van der Waals surface area contributed by atoms with Crippen LogP contribution in [0.3, 0.4) is 0 Å². The van der Waals surface area contributed by atoms with Gasteiger partial charge in [0.2, 0.25) is 0 Å². The molecule has 5 rings (SSSR count). The zero-order valence-electron chi connectivity index (χ0n) is 16.3. The molecule has 0 atom stereocenters. The second-order valence-electron chi connectivity index (χ2n) is 7.36. The molecule has 0 unspecified atom stereocenters. The molecule has 0 spiro atoms. The highest BCUT2D eigenvalue weighted by molar-refractivity contribution is 5.97. The quantitative estimate of drug-likeness (QED) is 0.445. The highest BCUT2D eigenvalue weighted by Gasteiger charge is 2.28. The first-order valence-corrected chi connectivity index (χ1v) is 9.84. The van der Waals surface area contributed by atoms with E-state index >= 15 is 0 Å². The Hall–Kier alpha value is -3.10. The van der Waals surface area contributed by atoms with Gasteiger partial charge in [-0.3, -0.25) is 4.98 Å². The summed E-state index contributed by atoms with van der Waals surface area (Å²) in [7, 11) is 1.67. The van der Waals surface area contributed by atoms with Gasteiger partial charge in [-0.2, -0.15) is 0 Å². The lowest BCUT2D eigenvalue weighted by atomic mass is 10.1. The fraction of sp³-hybridized carbons (Fsp3) is 0.333. The second kappa shape index (κ2) is 7.38. The Kier molecular flexibility index (Phi) is 4.57. The molecule has 8 nitrogen and oxygen atoms in total. The van der Waals surface area contributed by atoms with Crippen molar-refractivity contribution >= 4 is 27.8 Å². The molecule has 0 radical (unpaired) electrons. The van der Waals surface area contributed by atoms with E-state index in [1.807, 2.05) is 24.5 Å². The van der Waals surface area contributed by atoms with Gasteiger partial charge in [0.15, 0.2) is 5.82 Å². The van der Waals surface area contributed by atoms with Crippen molar-refractivity contribution in [2.45, 2.75) is 25.4 Å². The van der Waals surface area contributed by atoms with E-state index in [9.17, 15) is 0 Å². The Morgan fingerprint density at radius 3 is 2.97 bits per heavy atom. The van der Waals surface area contributed by atoms with Gasteiger partial charge < -0.3 is 20.8 Å². The van der Waals surface area contributed by atoms with Crippen molar-refractivity contribution < 1.29 is 4.74 Å². The maximum absolute atomic E-state index is 5.74. The number of rotatable bonds is 7. The summed E-state index contributed by atoms with van der Waals surface area (Å²) in [5, 5.41) is 5.42. The van der Waals surface area contributed by atoms with E-state index in [2.05, 4.69) is 20.3 Å². The SMILES string of the molecule is COCc1cc2c(-c3nc(NCCN)c4c(C5CC5)cncc4n3)ccnc2[nH]1. The molecule has 1 aliphatic rings. The normalized spacial score (nSPS) is 14.0. The van der Waals surface area contributed by atoms with E-state index < -0.39 is 0 Å². The molecule has 4 heterocycles. The molecule has 4 aromatic heterocycles. The lowest BCUT2D eigenvalue weighted by Crippen LogP contribution is -2.15. The van der Waals surface area contributed by atoms with Crippen LogP contribution in [-0.2, 0) is 11.3 Å². The summed E-state index contributed by atoms with van der Waals surface area (Å²) in [5.41, 5.74) is 10.5. The molecular weight excluding hydrogens is 366 g/mol. The van der Waals surface area contributed by atoms with Gasteiger partial charge in [0.25, 0.3) is 0 Å². The van der Waals surface area contributed by atoms with Crippen molar-refractivity contribution in [3.63, 3.8) is 0 Å². The van der Waals surface area contributed by atoms with E-state index in [0.717, 1.165) is 39.0 Å². The molecule has 0 aromatic carbocycles. The first-order valence-electron chi connectivity index (χ1n) is 9.84. The summed E-state index contributed by atoms with van der Waals surface area (Å²) in [6, 6.07) is 3.99. The van der Waals surface area contributed by atoms with Gasteiger partial charge in [-0.1, -0.05) is 0 Å². The van der Waals surface area contributed by atoms with Crippen molar-refractivity contribution in [3.05, 3.63) is 42.0 Å². The number of hydrogen-bond acceptors (Lipinski definition) is 7. The zero-order valence-corrected chi connectivity index (χ0v) is 16.3. The number of fused-ring (bicyclic) bond motifs is 2. The summed E-state index contributed by atoms with van der Waals surface area (Å²) >= 11 is 0. The topological polar surface area (TPSA) is 115 Å². The predicted molar refractivity (Wildman–Crippen MR) is 113 cm³/mol. The van der Waals surface area contributed by atoms with Gasteiger partial charge in [0.1, 0.15) is 11.5 Å². The molecule has 0 saturated heterocycles. The molecule has 148 valence electrons. The highest BCUT2D eigenvalue weighted by Crippen LogP contribution is 2.44. The van der Waals surface area contributed by atoms with Crippen molar-refractivity contribution in [1.82, 2.24) is 24.9 Å². The molecule has 1 aliphatic carbocycles. The number of hydrogen-bond donors (Lipinski definition) is 3. The minimum atomic E-state index is 0.492. The highest BCUT2D eigenvalue weighted by atomic mass is 16.5. The minimum absolute atomic E-state index is 0.492. The molecule has 1 saturated carbocycles. The van der Waals surface area contributed by atoms with Crippen molar-refractivity contribution in [2.75, 3.05) is 25.5 Å². The molecular formula is C21H23N7O. The number of nitrogens with two attached hydrogens (primary N) is 1. The van der Waals surface area contributed by atoms with E-state index in [4.69, 9.17) is 20.4 Å². The molecule has 0 amide bonds. The van der Waals surface area contributed by atoms with Crippen LogP contribution in [0.15, 0.2) is 30.7 Å². The molecule has 1 fully saturated rings. The third-order valence-electron chi connectivity index (χ3n) is 5.22. The zero-order chi connectivity index (χ0) is 19.8. The number of aromatic amines is 1. The van der Waals surface area contributed by atoms with E-state index in [1.54, 1.807) is 13.3 Å². The Morgan fingerprint density at radius 1 is 1.28 bits per heavy atom. The number of H-pyrrole nitrogens is 1. The van der Waals surface area contributed by atoms with Crippen LogP contribution in [0, 0.1) is 0 Å². The number of anilines is 1. The Labute approximate surface area is 167 Å². The van der Waals surface area contributed by atoms with Crippen LogP contribution in [0.1, 0.15) is 30.0 Å². The fourth-order valence-corrected chi connectivity index (χ4v) is 3.76. The lowest BCUT2D eigenvalue weighted by molar-refractivity contribution is 0.182. The Balaban J connectivity index is 1.70. The first-order chi connectivity index (χ1) is 14.3. The Bertz CT molecular complexity index is 1180. The van der Waals surface area contributed by atoms with Crippen LogP contribution in [-0.4, -0.2) is 45.1 Å². The lowest BCUT2D eigenvalue weighted by Gasteiger charge is -2.13. The van der Waals surface area contributed by atoms with Crippen LogP contribution in [0.25, 0.3) is 33.3 Å². The maximum atomic E-state index is 5.74. The fourth-order valence-electron chi connectivity index (χ4n) is 3.76. The van der Waals surface area contributed by atoms with Crippen molar-refractivity contribution in [1.29, 1.82) is 0 Å². The van der Waals surface area contributed by atoms with Crippen LogP contribution >= 0.6 is 0 Å². The number of pyridine rings is 2. The number of methoxy groups -OCH3 is 1. The monoisotopic (exact) mass is 389 g/mol. The number of ether oxygens (including phenoxy) is 1. The van der Waals surface area contributed by atoms with Crippen LogP contribution in [0.4, 0.5) is 5.82 Å². The first kappa shape index (κ1) is 18.0. The van der Waals surface area contributed by atoms with Gasteiger partial charge in [-0.05, 0) is 36.5 Å². The van der Waals surface area contributed by atoms with E-state index in [1.165, 1.54) is 18.4 Å². The largest absolute Gasteiger partial charge is 0.378 e. The molecule has 4 N–H and O–H groups in total. The minimum Gasteiger partial charge on any atom is -0.378 e. The van der Waals surface area contributed by atoms with E-state index in [0.29, 0.717) is 31.4 Å². The predicted octanol–water partition coefficient (Wildman–Crippen LogP) is 2.96. The van der Waals surface area contributed by atoms with Crippen LogP contribution in [0.5, 0.6) is 0 Å². The van der Waals surface area contributed by atoms with Crippen molar-refractivity contribution in [2.24, 2.45) is 5.73 Å². The molecule has 0 aliphatic heterocycles. The summed E-state index contributed by atoms with van der Waals surface area (Å²) < 4.78 is 5.25. The van der Waals surface area contributed by atoms with Gasteiger partial charge in [0.05, 0.1) is 18.3 Å². The Morgan fingerprint density at radius 2 is 2.17 bits per heavy atom. The standard InChI is InChI=1S/C21H23N7O/c1-29-11-13-8-15-14(4-6-24-19(15)26-13)20-27-17-10-23-9-16(12-2-3-12)18(17)21(28-20)25-7-5-22/h4,6,8-10,12H,2-3,5,7,11,22H2,1H3,(H,24,26)(H,25,27,28). The summed E-state index contributed by atoms with van der Waals surface area (Å²) in [6.45, 7) is 1.67. The van der Waals surface area contributed by atoms with Crippen LogP contribution in [0.2, 0.25) is 0 Å². The van der Waals surface area contributed by atoms with Crippen LogP contribution < -0.4 is 11.1 Å². The molecule has 4 aromatic rings. The van der Waals surface area contributed by atoms with Gasteiger partial charge in [0, 0.05) is 54.6 Å². The third kappa shape index (κ3) is 3.30. The molecule has 29 heavy (non-hydrogen) atoms. The average molecular weight is 389 g/mol. The van der Waals surface area contributed by atoms with Gasteiger partial charge in [-0.25, -0.2) is 15.0 Å². The van der Waals surface area contributed by atoms with Gasteiger partial charge >= 0.3 is 0 Å². The number of nitrogens with one attached hydrogen (secondary N) is 2. The average Bonchev–Trinajstić information content (AvgIpc) is 3.50. The third-order valence-corrected chi connectivity index (χ3v) is 5.22. The number of aromatic nitrogens is 5. The summed E-state index contributed by atoms with van der Waals surface area (Å²) in [4.78, 5) is 22.0. The summed E-state index contributed by atoms with van der Waals surface area (Å²) in [6.07, 6.45) is 7.91. The molecule has 0 bridgehead atoms. The van der Waals surface area contributed by atoms with Gasteiger partial charge in [-0.15, -0.1) is 0 Å². The van der Waals surface area contributed by atoms with E-state index in [-0.39, 0.29) is 0 Å². The molecule has 8 heteroatoms. The maximum Gasteiger partial charge on any atom is 0.163 e. The van der Waals surface area contributed by atoms with Crippen molar-refractivity contribution in [3.8, 4) is 11.4 Å². The second-order valence-corrected chi connectivity index (χ2v) is 7.36. The summed E-state index contributed by atoms with van der Waals surface area (Å²) in [5.74, 6) is 2.01. The number of nitrogens with zero attached hydrogens (tertiary/aromatic N) is 4. The smallest absolute Gasteiger partial charge is 0.163 e.